The van der Waals surface area contributed by atoms with Crippen molar-refractivity contribution < 1.29 is 14.6 Å². The first kappa shape index (κ1) is 21.8. The van der Waals surface area contributed by atoms with Crippen LogP contribution in [0.3, 0.4) is 0 Å². The number of hydrogen-bond acceptors (Lipinski definition) is 4. The molecule has 3 atom stereocenters. The van der Waals surface area contributed by atoms with Crippen LogP contribution in [0.25, 0.3) is 0 Å². The molecule has 1 unspecified atom stereocenters. The quantitative estimate of drug-likeness (QED) is 0.611. The summed E-state index contributed by atoms with van der Waals surface area (Å²) in [5.41, 5.74) is 1.15. The molecule has 3 fully saturated rings. The number of nitrogens with one attached hydrogen (secondary N) is 1. The monoisotopic (exact) mass is 414 g/mol. The molecule has 0 spiro atoms. The van der Waals surface area contributed by atoms with Crippen LogP contribution in [0.15, 0.2) is 30.3 Å². The Kier molecular flexibility index (Phi) is 6.52. The molecule has 5 nitrogen and oxygen atoms in total. The predicted octanol–water partition coefficient (Wildman–Crippen LogP) is 3.75. The molecule has 1 aromatic rings. The lowest BCUT2D eigenvalue weighted by Crippen LogP contribution is -2.53. The first-order valence-corrected chi connectivity index (χ1v) is 11.7. The molecule has 0 bridgehead atoms. The predicted molar refractivity (Wildman–Crippen MR) is 119 cm³/mol. The van der Waals surface area contributed by atoms with Gasteiger partial charge in [0.05, 0.1) is 12.0 Å². The number of likely N-dealkylation sites (tertiary alicyclic amines) is 1. The van der Waals surface area contributed by atoms with E-state index in [0.29, 0.717) is 12.0 Å². The summed E-state index contributed by atoms with van der Waals surface area (Å²) in [7, 11) is 1.80. The van der Waals surface area contributed by atoms with Crippen molar-refractivity contribution in [3.63, 3.8) is 0 Å². The number of piperidine rings is 1. The maximum absolute atomic E-state index is 11.7. The summed E-state index contributed by atoms with van der Waals surface area (Å²) in [5, 5.41) is 13.5. The van der Waals surface area contributed by atoms with Crippen molar-refractivity contribution >= 4 is 5.97 Å². The van der Waals surface area contributed by atoms with Crippen molar-refractivity contribution in [1.82, 2.24) is 10.2 Å². The Morgan fingerprint density at radius 3 is 2.50 bits per heavy atom. The van der Waals surface area contributed by atoms with Crippen molar-refractivity contribution in [2.45, 2.75) is 57.4 Å². The van der Waals surface area contributed by atoms with Gasteiger partial charge in [0, 0.05) is 31.7 Å². The van der Waals surface area contributed by atoms with Crippen molar-refractivity contribution in [3.8, 4) is 0 Å². The van der Waals surface area contributed by atoms with Crippen LogP contribution in [0.1, 0.15) is 56.9 Å². The molecule has 2 saturated carbocycles. The van der Waals surface area contributed by atoms with Crippen molar-refractivity contribution in [3.05, 3.63) is 35.9 Å². The molecule has 30 heavy (non-hydrogen) atoms. The second-order valence-corrected chi connectivity index (χ2v) is 10.2. The maximum Gasteiger partial charge on any atom is 0.310 e. The Morgan fingerprint density at radius 1 is 1.23 bits per heavy atom. The smallest absolute Gasteiger partial charge is 0.310 e. The number of methoxy groups -OCH3 is 1. The normalized spacial score (nSPS) is 28.5. The van der Waals surface area contributed by atoms with Gasteiger partial charge in [-0.1, -0.05) is 36.8 Å². The van der Waals surface area contributed by atoms with E-state index in [1.165, 1.54) is 12.0 Å². The fraction of sp³-hybridized carbons (Fsp3) is 0.720. The van der Waals surface area contributed by atoms with Gasteiger partial charge >= 0.3 is 5.97 Å². The summed E-state index contributed by atoms with van der Waals surface area (Å²) in [4.78, 5) is 14.1. The Morgan fingerprint density at radius 2 is 1.93 bits per heavy atom. The molecule has 3 aliphatic rings. The highest BCUT2D eigenvalue weighted by molar-refractivity contribution is 5.76. The van der Waals surface area contributed by atoms with E-state index in [1.54, 1.807) is 7.11 Å². The van der Waals surface area contributed by atoms with Gasteiger partial charge in [-0.15, -0.1) is 0 Å². The lowest BCUT2D eigenvalue weighted by atomic mass is 9.68. The Labute approximate surface area is 181 Å². The van der Waals surface area contributed by atoms with Gasteiger partial charge in [0.1, 0.15) is 0 Å². The molecule has 2 N–H and O–H groups in total. The Bertz CT molecular complexity index is 710. The van der Waals surface area contributed by atoms with E-state index in [-0.39, 0.29) is 5.41 Å². The summed E-state index contributed by atoms with van der Waals surface area (Å²) in [6.07, 6.45) is 6.16. The van der Waals surface area contributed by atoms with Gasteiger partial charge in [0.15, 0.2) is 0 Å². The molecule has 4 rings (SSSR count). The Balaban J connectivity index is 1.27. The van der Waals surface area contributed by atoms with Gasteiger partial charge in [-0.05, 0) is 69.5 Å². The lowest BCUT2D eigenvalue weighted by molar-refractivity contribution is -0.157. The largest absolute Gasteiger partial charge is 0.481 e. The first-order valence-electron chi connectivity index (χ1n) is 11.7. The minimum atomic E-state index is -0.602. The molecule has 0 radical (unpaired) electrons. The average molecular weight is 415 g/mol. The molecule has 1 aliphatic heterocycles. The third kappa shape index (κ3) is 4.58. The highest BCUT2D eigenvalue weighted by atomic mass is 16.5. The fourth-order valence-electron chi connectivity index (χ4n) is 5.71. The maximum atomic E-state index is 11.7. The minimum Gasteiger partial charge on any atom is -0.481 e. The molecular formula is C25H38N2O3. The standard InChI is InChI=1S/C25H38N2O3/c1-19(21-15-22(21)20-7-4-3-5-8-20)26-16-24(18-30-2)11-13-27(14-12-24)17-25(23(28)29)9-6-10-25/h3-5,7-8,19,21-22,26H,6,9-18H2,1-2H3,(H,28,29)/t19-,21?,22+/m1/s1. The van der Waals surface area contributed by atoms with E-state index in [1.807, 2.05) is 0 Å². The summed E-state index contributed by atoms with van der Waals surface area (Å²) < 4.78 is 5.64. The molecule has 166 valence electrons. The second kappa shape index (κ2) is 8.97. The molecule has 0 aromatic heterocycles. The van der Waals surface area contributed by atoms with Crippen molar-refractivity contribution in [2.75, 3.05) is 39.9 Å². The number of carboxylic acid groups (broad SMARTS) is 1. The summed E-state index contributed by atoms with van der Waals surface area (Å²) in [5.74, 6) is 0.820. The zero-order valence-electron chi connectivity index (χ0n) is 18.6. The fourth-order valence-corrected chi connectivity index (χ4v) is 5.71. The van der Waals surface area contributed by atoms with Gasteiger partial charge in [0.25, 0.3) is 0 Å². The zero-order valence-corrected chi connectivity index (χ0v) is 18.6. The summed E-state index contributed by atoms with van der Waals surface area (Å²) in [6.45, 7) is 6.76. The minimum absolute atomic E-state index is 0.159. The Hall–Kier alpha value is -1.43. The molecule has 5 heteroatoms. The highest BCUT2D eigenvalue weighted by Crippen LogP contribution is 2.49. The van der Waals surface area contributed by atoms with Crippen LogP contribution in [0.5, 0.6) is 0 Å². The number of carboxylic acids is 1. The number of hydrogen-bond donors (Lipinski definition) is 2. The van der Waals surface area contributed by atoms with Gasteiger partial charge in [-0.25, -0.2) is 0 Å². The van der Waals surface area contributed by atoms with Gasteiger partial charge < -0.3 is 20.1 Å². The van der Waals surface area contributed by atoms with E-state index >= 15 is 0 Å². The summed E-state index contributed by atoms with van der Waals surface area (Å²) >= 11 is 0. The molecular weight excluding hydrogens is 376 g/mol. The molecule has 1 saturated heterocycles. The van der Waals surface area contributed by atoms with Crippen molar-refractivity contribution in [2.24, 2.45) is 16.7 Å². The third-order valence-corrected chi connectivity index (χ3v) is 8.17. The number of ether oxygens (including phenoxy) is 1. The van der Waals surface area contributed by atoms with Crippen LogP contribution in [0.4, 0.5) is 0 Å². The van der Waals surface area contributed by atoms with E-state index in [0.717, 1.165) is 70.8 Å². The molecule has 1 aromatic carbocycles. The van der Waals surface area contributed by atoms with E-state index in [4.69, 9.17) is 4.74 Å². The number of benzene rings is 1. The van der Waals surface area contributed by atoms with E-state index in [2.05, 4.69) is 47.5 Å². The molecule has 1 heterocycles. The lowest BCUT2D eigenvalue weighted by Gasteiger charge is -2.46. The number of rotatable bonds is 10. The average Bonchev–Trinajstić information content (AvgIpc) is 3.52. The van der Waals surface area contributed by atoms with E-state index in [9.17, 15) is 9.90 Å². The van der Waals surface area contributed by atoms with E-state index < -0.39 is 11.4 Å². The first-order chi connectivity index (χ1) is 14.5. The van der Waals surface area contributed by atoms with Crippen LogP contribution >= 0.6 is 0 Å². The zero-order chi connectivity index (χ0) is 21.2. The van der Waals surface area contributed by atoms with Crippen LogP contribution in [-0.4, -0.2) is 61.9 Å². The summed E-state index contributed by atoms with van der Waals surface area (Å²) in [6, 6.07) is 11.4. The van der Waals surface area contributed by atoms with Gasteiger partial charge in [0.2, 0.25) is 0 Å². The van der Waals surface area contributed by atoms with Crippen LogP contribution in [0, 0.1) is 16.7 Å². The number of aliphatic carboxylic acids is 1. The van der Waals surface area contributed by atoms with Crippen molar-refractivity contribution in [1.29, 1.82) is 0 Å². The van der Waals surface area contributed by atoms with Crippen LogP contribution in [0.2, 0.25) is 0 Å². The highest BCUT2D eigenvalue weighted by Gasteiger charge is 2.47. The molecule has 2 aliphatic carbocycles. The van der Waals surface area contributed by atoms with Crippen LogP contribution < -0.4 is 5.32 Å². The topological polar surface area (TPSA) is 61.8 Å². The van der Waals surface area contributed by atoms with Gasteiger partial charge in [-0.2, -0.15) is 0 Å². The third-order valence-electron chi connectivity index (χ3n) is 8.17. The number of nitrogens with zero attached hydrogens (tertiary/aromatic N) is 1. The molecule has 0 amide bonds. The van der Waals surface area contributed by atoms with Crippen LogP contribution in [-0.2, 0) is 9.53 Å². The van der Waals surface area contributed by atoms with Gasteiger partial charge in [-0.3, -0.25) is 4.79 Å². The SMILES string of the molecule is COCC1(CN[C@H](C)C2C[C@H]2c2ccccc2)CCN(CC2(C(=O)O)CCC2)CC1. The number of carbonyl (C=O) groups is 1. The second-order valence-electron chi connectivity index (χ2n) is 10.2.